The van der Waals surface area contributed by atoms with Crippen LogP contribution in [0, 0.1) is 0 Å². The van der Waals surface area contributed by atoms with Gasteiger partial charge in [-0.3, -0.25) is 9.97 Å². The van der Waals surface area contributed by atoms with Crippen molar-refractivity contribution in [2.45, 2.75) is 12.5 Å². The van der Waals surface area contributed by atoms with Gasteiger partial charge in [-0.05, 0) is 41.5 Å². The van der Waals surface area contributed by atoms with E-state index in [-0.39, 0.29) is 0 Å². The Bertz CT molecular complexity index is 1010. The zero-order valence-electron chi connectivity index (χ0n) is 15.9. The minimum absolute atomic E-state index is 0.308. The summed E-state index contributed by atoms with van der Waals surface area (Å²) in [5, 5.41) is 9.08. The Morgan fingerprint density at radius 3 is 2.69 bits per heavy atom. The first-order valence-corrected chi connectivity index (χ1v) is 9.25. The van der Waals surface area contributed by atoms with E-state index in [1.54, 1.807) is 12.4 Å². The molecule has 0 saturated heterocycles. The molecule has 6 nitrogen and oxygen atoms in total. The number of hydrogen-bond acceptors (Lipinski definition) is 5. The summed E-state index contributed by atoms with van der Waals surface area (Å²) in [6.45, 7) is 0.384. The van der Waals surface area contributed by atoms with Crippen LogP contribution in [-0.4, -0.2) is 40.9 Å². The first-order valence-electron chi connectivity index (χ1n) is 9.25. The van der Waals surface area contributed by atoms with Gasteiger partial charge in [-0.2, -0.15) is 0 Å². The van der Waals surface area contributed by atoms with Crippen LogP contribution in [0.15, 0.2) is 67.1 Å². The van der Waals surface area contributed by atoms with Crippen molar-refractivity contribution in [1.29, 1.82) is 0 Å². The first-order chi connectivity index (χ1) is 14.2. The van der Waals surface area contributed by atoms with Crippen molar-refractivity contribution in [3.8, 4) is 16.9 Å². The number of carboxylic acids is 1. The van der Waals surface area contributed by atoms with Gasteiger partial charge in [0.2, 0.25) is 0 Å². The highest BCUT2D eigenvalue weighted by atomic mass is 16.5. The maximum Gasteiger partial charge on any atom is 0.333 e. The van der Waals surface area contributed by atoms with Gasteiger partial charge in [0.15, 0.2) is 6.10 Å². The van der Waals surface area contributed by atoms with E-state index in [1.807, 2.05) is 48.7 Å². The molecule has 0 saturated carbocycles. The highest BCUT2D eigenvalue weighted by Gasteiger charge is 2.24. The predicted molar refractivity (Wildman–Crippen MR) is 109 cm³/mol. The van der Waals surface area contributed by atoms with Crippen LogP contribution in [0.2, 0.25) is 0 Å². The number of aliphatic carboxylic acids is 1. The molecule has 0 amide bonds. The van der Waals surface area contributed by atoms with E-state index in [4.69, 9.17) is 14.6 Å². The van der Waals surface area contributed by atoms with Crippen LogP contribution in [0.25, 0.3) is 16.7 Å². The topological polar surface area (TPSA) is 81.5 Å². The fourth-order valence-corrected chi connectivity index (χ4v) is 3.44. The minimum Gasteiger partial charge on any atom is -0.490 e. The summed E-state index contributed by atoms with van der Waals surface area (Å²) in [6.07, 6.45) is 6.90. The molecule has 1 unspecified atom stereocenters. The van der Waals surface area contributed by atoms with Gasteiger partial charge in [0.05, 0.1) is 5.69 Å². The molecule has 0 fully saturated rings. The predicted octanol–water partition coefficient (Wildman–Crippen LogP) is 3.61. The van der Waals surface area contributed by atoms with Gasteiger partial charge in [-0.1, -0.05) is 18.2 Å². The van der Waals surface area contributed by atoms with Gasteiger partial charge < -0.3 is 14.6 Å². The van der Waals surface area contributed by atoms with Crippen LogP contribution in [-0.2, 0) is 16.0 Å². The van der Waals surface area contributed by atoms with Crippen molar-refractivity contribution in [1.82, 2.24) is 9.97 Å². The third-order valence-electron chi connectivity index (χ3n) is 4.91. The molecule has 0 aliphatic heterocycles. The number of ether oxygens (including phenoxy) is 2. The lowest BCUT2D eigenvalue weighted by Crippen LogP contribution is -2.24. The summed E-state index contributed by atoms with van der Waals surface area (Å²) < 4.78 is 10.8. The van der Waals surface area contributed by atoms with Gasteiger partial charge in [0.25, 0.3) is 0 Å². The van der Waals surface area contributed by atoms with E-state index in [9.17, 15) is 4.79 Å². The van der Waals surface area contributed by atoms with E-state index >= 15 is 0 Å². The number of pyridine rings is 2. The number of rotatable bonds is 7. The van der Waals surface area contributed by atoms with E-state index < -0.39 is 12.1 Å². The maximum absolute atomic E-state index is 11.1. The molecule has 0 radical (unpaired) electrons. The first kappa shape index (κ1) is 18.8. The molecule has 1 aliphatic rings. The second-order valence-electron chi connectivity index (χ2n) is 6.66. The van der Waals surface area contributed by atoms with Gasteiger partial charge >= 0.3 is 5.97 Å². The van der Waals surface area contributed by atoms with Crippen LogP contribution >= 0.6 is 0 Å². The number of hydrogen-bond donors (Lipinski definition) is 1. The largest absolute Gasteiger partial charge is 0.490 e. The van der Waals surface area contributed by atoms with Gasteiger partial charge in [-0.25, -0.2) is 4.79 Å². The molecule has 0 bridgehead atoms. The molecule has 3 aromatic rings. The number of fused-ring (bicyclic) bond motifs is 3. The van der Waals surface area contributed by atoms with Crippen LogP contribution in [0.5, 0.6) is 5.75 Å². The van der Waals surface area contributed by atoms with E-state index in [2.05, 4.69) is 16.0 Å². The monoisotopic (exact) mass is 388 g/mol. The molecule has 146 valence electrons. The lowest BCUT2D eigenvalue weighted by molar-refractivity contribution is -0.148. The van der Waals surface area contributed by atoms with Gasteiger partial charge in [0, 0.05) is 48.8 Å². The minimum atomic E-state index is -0.973. The van der Waals surface area contributed by atoms with Crippen molar-refractivity contribution in [3.05, 3.63) is 84.0 Å². The number of carboxylic acid groups (broad SMARTS) is 1. The summed E-state index contributed by atoms with van der Waals surface area (Å²) in [4.78, 5) is 19.9. The molecule has 1 aliphatic carbocycles. The Morgan fingerprint density at radius 2 is 1.93 bits per heavy atom. The molecule has 1 atom stereocenters. The zero-order valence-corrected chi connectivity index (χ0v) is 15.9. The SMILES string of the molecule is COC(Cc1ccc(OCC=C2c3cnccc3-c3cccnc32)cc1)C(=O)O. The van der Waals surface area contributed by atoms with E-state index in [0.29, 0.717) is 18.8 Å². The lowest BCUT2D eigenvalue weighted by Gasteiger charge is -2.11. The molecule has 29 heavy (non-hydrogen) atoms. The van der Waals surface area contributed by atoms with Crippen molar-refractivity contribution < 1.29 is 19.4 Å². The Kier molecular flexibility index (Phi) is 5.35. The smallest absolute Gasteiger partial charge is 0.333 e. The van der Waals surface area contributed by atoms with Gasteiger partial charge in [0.1, 0.15) is 12.4 Å². The molecule has 6 heteroatoms. The summed E-state index contributed by atoms with van der Waals surface area (Å²) >= 11 is 0. The van der Waals surface area contributed by atoms with Crippen LogP contribution in [0.4, 0.5) is 0 Å². The highest BCUT2D eigenvalue weighted by Crippen LogP contribution is 2.42. The molecule has 1 N–H and O–H groups in total. The van der Waals surface area contributed by atoms with Crippen molar-refractivity contribution in [2.24, 2.45) is 0 Å². The number of methoxy groups -OCH3 is 1. The molecular weight excluding hydrogens is 368 g/mol. The van der Waals surface area contributed by atoms with Crippen LogP contribution in [0.1, 0.15) is 16.8 Å². The van der Waals surface area contributed by atoms with Crippen LogP contribution < -0.4 is 4.74 Å². The fourth-order valence-electron chi connectivity index (χ4n) is 3.44. The highest BCUT2D eigenvalue weighted by molar-refractivity contribution is 5.99. The summed E-state index contributed by atoms with van der Waals surface area (Å²) in [6, 6.07) is 13.4. The molecule has 2 aromatic heterocycles. The third-order valence-corrected chi connectivity index (χ3v) is 4.91. The number of nitrogens with zero attached hydrogens (tertiary/aromatic N) is 2. The second kappa shape index (κ2) is 8.24. The summed E-state index contributed by atoms with van der Waals surface area (Å²) in [7, 11) is 1.40. The molecule has 4 rings (SSSR count). The van der Waals surface area contributed by atoms with Crippen molar-refractivity contribution in [2.75, 3.05) is 13.7 Å². The molecular formula is C23H20N2O4. The molecule has 2 heterocycles. The van der Waals surface area contributed by atoms with Crippen molar-refractivity contribution >= 4 is 11.5 Å². The summed E-state index contributed by atoms with van der Waals surface area (Å²) in [5.74, 6) is -0.264. The average Bonchev–Trinajstić information content (AvgIpc) is 3.07. The average molecular weight is 388 g/mol. The lowest BCUT2D eigenvalue weighted by atomic mass is 10.1. The quantitative estimate of drug-likeness (QED) is 0.521. The number of aromatic nitrogens is 2. The second-order valence-corrected chi connectivity index (χ2v) is 6.66. The molecule has 0 spiro atoms. The van der Waals surface area contributed by atoms with E-state index in [0.717, 1.165) is 33.5 Å². The van der Waals surface area contributed by atoms with Gasteiger partial charge in [-0.15, -0.1) is 0 Å². The normalized spacial score (nSPS) is 14.3. The maximum atomic E-state index is 11.1. The van der Waals surface area contributed by atoms with Crippen LogP contribution in [0.3, 0.4) is 0 Å². The van der Waals surface area contributed by atoms with E-state index in [1.165, 1.54) is 7.11 Å². The standard InChI is InChI=1S/C23H20N2O4/c1-28-21(23(26)27)13-15-4-6-16(7-5-15)29-12-9-19-20-14-24-11-8-17(20)18-3-2-10-25-22(18)19/h2-11,14,21H,12-13H2,1H3,(H,26,27). The fraction of sp³-hybridized carbons (Fsp3) is 0.174. The Morgan fingerprint density at radius 1 is 1.10 bits per heavy atom. The Labute approximate surface area is 168 Å². The summed E-state index contributed by atoms with van der Waals surface area (Å²) in [5.41, 5.74) is 6.12. The van der Waals surface area contributed by atoms with Crippen molar-refractivity contribution in [3.63, 3.8) is 0 Å². The number of benzene rings is 1. The number of carbonyl (C=O) groups is 1. The zero-order chi connectivity index (χ0) is 20.2. The molecule has 1 aromatic carbocycles. The Hall–Kier alpha value is -3.51. The Balaban J connectivity index is 1.46. The third kappa shape index (κ3) is 3.88.